The van der Waals surface area contributed by atoms with Crippen molar-refractivity contribution in [2.75, 3.05) is 0 Å². The largest absolute Gasteiger partial charge is 0.388 e. The smallest absolute Gasteiger partial charge is 0.0808 e. The molecule has 1 aliphatic carbocycles. The highest BCUT2D eigenvalue weighted by molar-refractivity contribution is 5.42. The topological polar surface area (TPSA) is 38.0 Å². The van der Waals surface area contributed by atoms with Gasteiger partial charge in [0.1, 0.15) is 0 Å². The summed E-state index contributed by atoms with van der Waals surface area (Å²) in [7, 11) is 0. The van der Waals surface area contributed by atoms with Gasteiger partial charge in [0.15, 0.2) is 0 Å². The lowest BCUT2D eigenvalue weighted by atomic mass is 10.1. The van der Waals surface area contributed by atoms with E-state index in [0.29, 0.717) is 12.3 Å². The molecule has 1 atom stereocenters. The van der Waals surface area contributed by atoms with Crippen LogP contribution in [0, 0.1) is 0 Å². The molecule has 0 spiro atoms. The molecule has 1 aliphatic rings. The molecule has 0 saturated heterocycles. The van der Waals surface area contributed by atoms with Crippen molar-refractivity contribution in [3.63, 3.8) is 0 Å². The standard InChI is InChI=1S/C15H18N2O/c1-2-15(18)12-5-3-4-6-14(12)17-10-9-13(16-17)11-7-8-11/h3-6,9-11,15,18H,2,7-8H2,1H3/t15-/m1/s1. The number of hydrogen-bond donors (Lipinski definition) is 1. The number of nitrogens with zero attached hydrogens (tertiary/aromatic N) is 2. The summed E-state index contributed by atoms with van der Waals surface area (Å²) in [6.07, 6.45) is 4.81. The lowest BCUT2D eigenvalue weighted by Gasteiger charge is -2.13. The second-order valence-electron chi connectivity index (χ2n) is 4.94. The van der Waals surface area contributed by atoms with Crippen molar-refractivity contribution in [1.82, 2.24) is 9.78 Å². The fourth-order valence-electron chi connectivity index (χ4n) is 2.27. The summed E-state index contributed by atoms with van der Waals surface area (Å²) >= 11 is 0. The summed E-state index contributed by atoms with van der Waals surface area (Å²) in [6, 6.07) is 10.0. The van der Waals surface area contributed by atoms with Crippen LogP contribution in [0.5, 0.6) is 0 Å². The number of para-hydroxylation sites is 1. The van der Waals surface area contributed by atoms with Crippen LogP contribution in [0.2, 0.25) is 0 Å². The molecule has 3 rings (SSSR count). The van der Waals surface area contributed by atoms with Gasteiger partial charge in [0.05, 0.1) is 17.5 Å². The predicted molar refractivity (Wildman–Crippen MR) is 70.8 cm³/mol. The van der Waals surface area contributed by atoms with Gasteiger partial charge in [-0.05, 0) is 31.4 Å². The van der Waals surface area contributed by atoms with Crippen molar-refractivity contribution in [2.24, 2.45) is 0 Å². The molecular weight excluding hydrogens is 224 g/mol. The predicted octanol–water partition coefficient (Wildman–Crippen LogP) is 3.19. The molecule has 0 unspecified atom stereocenters. The second kappa shape index (κ2) is 4.58. The number of aliphatic hydroxyl groups excluding tert-OH is 1. The highest BCUT2D eigenvalue weighted by atomic mass is 16.3. The molecule has 1 N–H and O–H groups in total. The van der Waals surface area contributed by atoms with E-state index in [-0.39, 0.29) is 0 Å². The van der Waals surface area contributed by atoms with Gasteiger partial charge in [-0.1, -0.05) is 25.1 Å². The molecule has 0 aliphatic heterocycles. The van der Waals surface area contributed by atoms with Gasteiger partial charge >= 0.3 is 0 Å². The van der Waals surface area contributed by atoms with Gasteiger partial charge in [0, 0.05) is 17.7 Å². The monoisotopic (exact) mass is 242 g/mol. The first-order valence-electron chi connectivity index (χ1n) is 6.62. The highest BCUT2D eigenvalue weighted by Gasteiger charge is 2.26. The van der Waals surface area contributed by atoms with Gasteiger partial charge < -0.3 is 5.11 Å². The Hall–Kier alpha value is -1.61. The average Bonchev–Trinajstić information content (AvgIpc) is 3.16. The van der Waals surface area contributed by atoms with Crippen molar-refractivity contribution in [1.29, 1.82) is 0 Å². The number of rotatable bonds is 4. The Labute approximate surface area is 107 Å². The van der Waals surface area contributed by atoms with Crippen molar-refractivity contribution >= 4 is 0 Å². The van der Waals surface area contributed by atoms with Crippen LogP contribution in [0.15, 0.2) is 36.5 Å². The van der Waals surface area contributed by atoms with Crippen LogP contribution in [0.3, 0.4) is 0 Å². The fourth-order valence-corrected chi connectivity index (χ4v) is 2.27. The summed E-state index contributed by atoms with van der Waals surface area (Å²) in [4.78, 5) is 0. The minimum absolute atomic E-state index is 0.422. The minimum atomic E-state index is -0.422. The lowest BCUT2D eigenvalue weighted by Crippen LogP contribution is -2.04. The first-order chi connectivity index (χ1) is 8.79. The van der Waals surface area contributed by atoms with Gasteiger partial charge in [-0.15, -0.1) is 0 Å². The zero-order valence-electron chi connectivity index (χ0n) is 10.6. The van der Waals surface area contributed by atoms with Crippen LogP contribution in [-0.2, 0) is 0 Å². The Morgan fingerprint density at radius 2 is 2.11 bits per heavy atom. The van der Waals surface area contributed by atoms with Crippen LogP contribution >= 0.6 is 0 Å². The number of aliphatic hydroxyl groups is 1. The molecule has 3 nitrogen and oxygen atoms in total. The third-order valence-electron chi connectivity index (χ3n) is 3.53. The summed E-state index contributed by atoms with van der Waals surface area (Å²) < 4.78 is 1.89. The van der Waals surface area contributed by atoms with E-state index in [0.717, 1.165) is 11.3 Å². The van der Waals surface area contributed by atoms with E-state index in [1.165, 1.54) is 18.5 Å². The Kier molecular flexibility index (Phi) is 2.92. The van der Waals surface area contributed by atoms with Gasteiger partial charge in [-0.25, -0.2) is 4.68 Å². The Morgan fingerprint density at radius 3 is 2.83 bits per heavy atom. The summed E-state index contributed by atoms with van der Waals surface area (Å²) in [5, 5.41) is 14.7. The van der Waals surface area contributed by atoms with E-state index in [1.807, 2.05) is 42.1 Å². The molecule has 1 aromatic carbocycles. The van der Waals surface area contributed by atoms with Crippen LogP contribution in [-0.4, -0.2) is 14.9 Å². The number of benzene rings is 1. The summed E-state index contributed by atoms with van der Waals surface area (Å²) in [6.45, 7) is 1.99. The van der Waals surface area contributed by atoms with E-state index in [1.54, 1.807) is 0 Å². The molecule has 3 heteroatoms. The molecule has 94 valence electrons. The molecule has 1 aromatic heterocycles. The van der Waals surface area contributed by atoms with Crippen LogP contribution < -0.4 is 0 Å². The normalized spacial score (nSPS) is 16.8. The molecule has 1 saturated carbocycles. The quantitative estimate of drug-likeness (QED) is 0.894. The molecule has 1 fully saturated rings. The second-order valence-corrected chi connectivity index (χ2v) is 4.94. The maximum absolute atomic E-state index is 10.1. The maximum Gasteiger partial charge on any atom is 0.0808 e. The van der Waals surface area contributed by atoms with E-state index < -0.39 is 6.10 Å². The van der Waals surface area contributed by atoms with Crippen LogP contribution in [0.1, 0.15) is 49.5 Å². The minimum Gasteiger partial charge on any atom is -0.388 e. The number of aromatic nitrogens is 2. The first-order valence-corrected chi connectivity index (χ1v) is 6.62. The third-order valence-corrected chi connectivity index (χ3v) is 3.53. The fraction of sp³-hybridized carbons (Fsp3) is 0.400. The first kappa shape index (κ1) is 11.5. The van der Waals surface area contributed by atoms with Gasteiger partial charge in [-0.2, -0.15) is 5.10 Å². The SMILES string of the molecule is CC[C@@H](O)c1ccccc1-n1ccc(C2CC2)n1. The molecule has 0 radical (unpaired) electrons. The van der Waals surface area contributed by atoms with E-state index >= 15 is 0 Å². The lowest BCUT2D eigenvalue weighted by molar-refractivity contribution is 0.173. The van der Waals surface area contributed by atoms with Crippen LogP contribution in [0.4, 0.5) is 0 Å². The molecular formula is C15H18N2O. The van der Waals surface area contributed by atoms with Gasteiger partial charge in [0.25, 0.3) is 0 Å². The third kappa shape index (κ3) is 2.06. The zero-order valence-corrected chi connectivity index (χ0v) is 10.6. The summed E-state index contributed by atoms with van der Waals surface area (Å²) in [5.41, 5.74) is 3.11. The van der Waals surface area contributed by atoms with Gasteiger partial charge in [-0.3, -0.25) is 0 Å². The van der Waals surface area contributed by atoms with Gasteiger partial charge in [0.2, 0.25) is 0 Å². The van der Waals surface area contributed by atoms with Crippen molar-refractivity contribution in [2.45, 2.75) is 38.2 Å². The molecule has 2 aromatic rings. The van der Waals surface area contributed by atoms with E-state index in [4.69, 9.17) is 0 Å². The zero-order chi connectivity index (χ0) is 12.5. The number of hydrogen-bond acceptors (Lipinski definition) is 2. The van der Waals surface area contributed by atoms with Crippen molar-refractivity contribution in [3.05, 3.63) is 47.8 Å². The molecule has 0 amide bonds. The average molecular weight is 242 g/mol. The summed E-state index contributed by atoms with van der Waals surface area (Å²) in [5.74, 6) is 0.662. The Bertz CT molecular complexity index is 543. The van der Waals surface area contributed by atoms with Crippen molar-refractivity contribution in [3.8, 4) is 5.69 Å². The maximum atomic E-state index is 10.1. The van der Waals surface area contributed by atoms with Crippen molar-refractivity contribution < 1.29 is 5.11 Å². The van der Waals surface area contributed by atoms with Crippen LogP contribution in [0.25, 0.3) is 5.69 Å². The van der Waals surface area contributed by atoms with E-state index in [2.05, 4.69) is 11.2 Å². The van der Waals surface area contributed by atoms with E-state index in [9.17, 15) is 5.11 Å². The molecule has 1 heterocycles. The molecule has 0 bridgehead atoms. The Morgan fingerprint density at radius 1 is 1.33 bits per heavy atom. The Balaban J connectivity index is 1.98. The highest BCUT2D eigenvalue weighted by Crippen LogP contribution is 2.39. The molecule has 18 heavy (non-hydrogen) atoms.